The molecule has 2 aromatic carbocycles. The Hall–Kier alpha value is -3.06. The van der Waals surface area contributed by atoms with E-state index >= 15 is 0 Å². The Balaban J connectivity index is 1.64. The van der Waals surface area contributed by atoms with E-state index in [2.05, 4.69) is 10.3 Å². The molecule has 1 aromatic heterocycles. The lowest BCUT2D eigenvalue weighted by Crippen LogP contribution is -2.50. The van der Waals surface area contributed by atoms with E-state index in [1.54, 1.807) is 24.3 Å². The number of para-hydroxylation sites is 1. The van der Waals surface area contributed by atoms with Crippen LogP contribution in [-0.4, -0.2) is 33.6 Å². The summed E-state index contributed by atoms with van der Waals surface area (Å²) >= 11 is 1.35. The summed E-state index contributed by atoms with van der Waals surface area (Å²) in [6.45, 7) is 3.62. The maximum atomic E-state index is 13.0. The molecule has 3 aromatic rings. The second-order valence-electron chi connectivity index (χ2n) is 6.69. The lowest BCUT2D eigenvalue weighted by molar-refractivity contribution is -0.121. The molecular weight excluding hydrogens is 362 g/mol. The molecule has 3 amide bonds. The van der Waals surface area contributed by atoms with Crippen LogP contribution in [0.15, 0.2) is 48.5 Å². The summed E-state index contributed by atoms with van der Waals surface area (Å²) in [4.78, 5) is 44.0. The summed E-state index contributed by atoms with van der Waals surface area (Å²) in [5, 5.41) is 3.23. The average Bonchev–Trinajstić information content (AvgIpc) is 3.16. The van der Waals surface area contributed by atoms with Gasteiger partial charge in [-0.05, 0) is 30.2 Å². The largest absolute Gasteiger partial charge is 0.300 e. The van der Waals surface area contributed by atoms with Gasteiger partial charge in [0.05, 0.1) is 21.3 Å². The molecule has 2 heterocycles. The van der Waals surface area contributed by atoms with E-state index in [1.165, 1.54) is 11.3 Å². The van der Waals surface area contributed by atoms with Crippen molar-refractivity contribution in [3.63, 3.8) is 0 Å². The van der Waals surface area contributed by atoms with Gasteiger partial charge >= 0.3 is 0 Å². The Morgan fingerprint density at radius 2 is 1.59 bits per heavy atom. The van der Waals surface area contributed by atoms with Crippen molar-refractivity contribution < 1.29 is 14.4 Å². The van der Waals surface area contributed by atoms with Crippen LogP contribution in [0, 0.1) is 5.92 Å². The number of aromatic nitrogens is 1. The molecule has 1 aliphatic rings. The Morgan fingerprint density at radius 1 is 1.00 bits per heavy atom. The number of thiazole rings is 1. The highest BCUT2D eigenvalue weighted by Crippen LogP contribution is 2.29. The molecule has 1 atom stereocenters. The number of hydrogen-bond acceptors (Lipinski definition) is 5. The van der Waals surface area contributed by atoms with Crippen LogP contribution in [0.5, 0.6) is 0 Å². The number of nitrogens with zero attached hydrogens (tertiary/aromatic N) is 2. The molecule has 27 heavy (non-hydrogen) atoms. The van der Waals surface area contributed by atoms with Crippen LogP contribution in [0.2, 0.25) is 0 Å². The summed E-state index contributed by atoms with van der Waals surface area (Å²) < 4.78 is 0.953. The Bertz CT molecular complexity index is 1010. The van der Waals surface area contributed by atoms with Crippen LogP contribution in [0.4, 0.5) is 5.13 Å². The highest BCUT2D eigenvalue weighted by atomic mass is 32.1. The molecule has 0 unspecified atom stereocenters. The fraction of sp³-hybridized carbons (Fsp3) is 0.200. The molecule has 0 bridgehead atoms. The summed E-state index contributed by atoms with van der Waals surface area (Å²) in [6, 6.07) is 13.3. The van der Waals surface area contributed by atoms with Crippen molar-refractivity contribution in [2.45, 2.75) is 19.9 Å². The van der Waals surface area contributed by atoms with Gasteiger partial charge in [-0.3, -0.25) is 19.3 Å². The third-order valence-corrected chi connectivity index (χ3v) is 5.48. The van der Waals surface area contributed by atoms with Crippen LogP contribution < -0.4 is 5.32 Å². The third-order valence-electron chi connectivity index (χ3n) is 4.53. The molecular formula is C20H17N3O3S. The maximum absolute atomic E-state index is 13.0. The van der Waals surface area contributed by atoms with E-state index in [0.29, 0.717) is 16.3 Å². The number of imide groups is 1. The van der Waals surface area contributed by atoms with Crippen molar-refractivity contribution in [1.82, 2.24) is 9.88 Å². The summed E-state index contributed by atoms with van der Waals surface area (Å²) in [7, 11) is 0. The second kappa shape index (κ2) is 6.59. The SMILES string of the molecule is CC(C)[C@@H](C(=O)Nc1nc2ccccc2s1)N1C(=O)c2ccccc2C1=O. The second-order valence-corrected chi connectivity index (χ2v) is 7.72. The maximum Gasteiger partial charge on any atom is 0.262 e. The van der Waals surface area contributed by atoms with Crippen molar-refractivity contribution in [2.75, 3.05) is 5.32 Å². The van der Waals surface area contributed by atoms with Gasteiger partial charge in [0.1, 0.15) is 6.04 Å². The van der Waals surface area contributed by atoms with Crippen molar-refractivity contribution in [3.05, 3.63) is 59.7 Å². The molecule has 0 saturated heterocycles. The molecule has 6 nitrogen and oxygen atoms in total. The predicted molar refractivity (Wildman–Crippen MR) is 104 cm³/mol. The predicted octanol–water partition coefficient (Wildman–Crippen LogP) is 3.56. The summed E-state index contributed by atoms with van der Waals surface area (Å²) in [5.41, 5.74) is 1.46. The number of fused-ring (bicyclic) bond motifs is 2. The molecule has 136 valence electrons. The van der Waals surface area contributed by atoms with Crippen molar-refractivity contribution >= 4 is 44.4 Å². The summed E-state index contributed by atoms with van der Waals surface area (Å²) in [5.74, 6) is -1.54. The number of hydrogen-bond donors (Lipinski definition) is 1. The van der Waals surface area contributed by atoms with Gasteiger partial charge in [0, 0.05) is 0 Å². The first-order valence-corrected chi connectivity index (χ1v) is 9.42. The quantitative estimate of drug-likeness (QED) is 0.703. The fourth-order valence-corrected chi connectivity index (χ4v) is 4.15. The first-order valence-electron chi connectivity index (χ1n) is 8.60. The van der Waals surface area contributed by atoms with Crippen molar-refractivity contribution in [2.24, 2.45) is 5.92 Å². The molecule has 0 spiro atoms. The smallest absolute Gasteiger partial charge is 0.262 e. The van der Waals surface area contributed by atoms with E-state index in [4.69, 9.17) is 0 Å². The van der Waals surface area contributed by atoms with Crippen LogP contribution in [0.1, 0.15) is 34.6 Å². The van der Waals surface area contributed by atoms with Crippen LogP contribution in [0.3, 0.4) is 0 Å². The first-order chi connectivity index (χ1) is 13.0. The number of carbonyl (C=O) groups excluding carboxylic acids is 3. The zero-order chi connectivity index (χ0) is 19.1. The number of amides is 3. The molecule has 7 heteroatoms. The van der Waals surface area contributed by atoms with Gasteiger partial charge in [-0.25, -0.2) is 4.98 Å². The molecule has 1 aliphatic heterocycles. The van der Waals surface area contributed by atoms with Gasteiger partial charge in [0.15, 0.2) is 5.13 Å². The van der Waals surface area contributed by atoms with Gasteiger partial charge in [-0.1, -0.05) is 49.4 Å². The number of rotatable bonds is 4. The first kappa shape index (κ1) is 17.4. The lowest BCUT2D eigenvalue weighted by Gasteiger charge is -2.27. The minimum absolute atomic E-state index is 0.249. The number of benzene rings is 2. The number of nitrogens with one attached hydrogen (secondary N) is 1. The fourth-order valence-electron chi connectivity index (χ4n) is 3.28. The van der Waals surface area contributed by atoms with E-state index in [0.717, 1.165) is 15.1 Å². The summed E-state index contributed by atoms with van der Waals surface area (Å²) in [6.07, 6.45) is 0. The Labute approximate surface area is 159 Å². The highest BCUT2D eigenvalue weighted by Gasteiger charge is 2.44. The molecule has 0 aliphatic carbocycles. The van der Waals surface area contributed by atoms with Crippen LogP contribution in [-0.2, 0) is 4.79 Å². The third kappa shape index (κ3) is 2.90. The minimum Gasteiger partial charge on any atom is -0.300 e. The van der Waals surface area contributed by atoms with E-state index in [9.17, 15) is 14.4 Å². The topological polar surface area (TPSA) is 79.4 Å². The standard InChI is InChI=1S/C20H17N3O3S/c1-11(2)16(23-18(25)12-7-3-4-8-13(12)19(23)26)17(24)22-20-21-14-9-5-6-10-15(14)27-20/h3-11,16H,1-2H3,(H,21,22,24)/t16-/m0/s1. The van der Waals surface area contributed by atoms with E-state index in [-0.39, 0.29) is 5.92 Å². The van der Waals surface area contributed by atoms with Gasteiger partial charge in [0.25, 0.3) is 11.8 Å². The van der Waals surface area contributed by atoms with E-state index in [1.807, 2.05) is 38.1 Å². The van der Waals surface area contributed by atoms with Gasteiger partial charge < -0.3 is 5.32 Å². The molecule has 4 rings (SSSR count). The van der Waals surface area contributed by atoms with Gasteiger partial charge in [-0.15, -0.1) is 0 Å². The zero-order valence-electron chi connectivity index (χ0n) is 14.8. The zero-order valence-corrected chi connectivity index (χ0v) is 15.6. The van der Waals surface area contributed by atoms with Crippen LogP contribution >= 0.6 is 11.3 Å². The molecule has 0 fully saturated rings. The highest BCUT2D eigenvalue weighted by molar-refractivity contribution is 7.22. The van der Waals surface area contributed by atoms with Crippen molar-refractivity contribution in [1.29, 1.82) is 0 Å². The monoisotopic (exact) mass is 379 g/mol. The Kier molecular flexibility index (Phi) is 4.24. The Morgan fingerprint density at radius 3 is 2.19 bits per heavy atom. The molecule has 1 N–H and O–H groups in total. The number of carbonyl (C=O) groups is 3. The van der Waals surface area contributed by atoms with Crippen LogP contribution in [0.25, 0.3) is 10.2 Å². The van der Waals surface area contributed by atoms with Gasteiger partial charge in [0.2, 0.25) is 5.91 Å². The average molecular weight is 379 g/mol. The van der Waals surface area contributed by atoms with Gasteiger partial charge in [-0.2, -0.15) is 0 Å². The minimum atomic E-state index is -0.913. The number of anilines is 1. The normalized spacial score (nSPS) is 14.7. The molecule has 0 radical (unpaired) electrons. The van der Waals surface area contributed by atoms with E-state index < -0.39 is 23.8 Å². The van der Waals surface area contributed by atoms with Crippen molar-refractivity contribution in [3.8, 4) is 0 Å². The molecule has 0 saturated carbocycles. The lowest BCUT2D eigenvalue weighted by atomic mass is 10.0.